The molecule has 0 aliphatic heterocycles. The van der Waals surface area contributed by atoms with E-state index in [0.29, 0.717) is 13.1 Å². The Bertz CT molecular complexity index is 1020. The lowest BCUT2D eigenvalue weighted by Crippen LogP contribution is -2.44. The molecule has 0 unspecified atom stereocenters. The molecule has 0 amide bonds. The van der Waals surface area contributed by atoms with Gasteiger partial charge in [-0.05, 0) is 13.8 Å². The van der Waals surface area contributed by atoms with Crippen LogP contribution in [0.15, 0.2) is 50.1 Å². The Balaban J connectivity index is 2.08. The molecule has 0 aliphatic carbocycles. The molecular formula is C25H32N4O8. The third-order valence-electron chi connectivity index (χ3n) is 5.41. The minimum Gasteiger partial charge on any atom is -0.465 e. The van der Waals surface area contributed by atoms with Crippen molar-refractivity contribution in [3.05, 3.63) is 61.7 Å². The van der Waals surface area contributed by atoms with Crippen molar-refractivity contribution in [1.82, 2.24) is 19.1 Å². The highest BCUT2D eigenvalue weighted by atomic mass is 16.6. The number of nitrogens with zero attached hydrogens (tertiary/aromatic N) is 4. The zero-order valence-electron chi connectivity index (χ0n) is 21.1. The number of aryl methyl sites for hydroxylation is 4. The summed E-state index contributed by atoms with van der Waals surface area (Å²) in [5.74, 6) is -1.11. The van der Waals surface area contributed by atoms with Gasteiger partial charge in [-0.1, -0.05) is 13.2 Å². The number of esters is 4. The van der Waals surface area contributed by atoms with Gasteiger partial charge in [-0.3, -0.25) is 9.59 Å². The van der Waals surface area contributed by atoms with Gasteiger partial charge in [0.25, 0.3) is 0 Å². The summed E-state index contributed by atoms with van der Waals surface area (Å²) < 4.78 is 24.8. The van der Waals surface area contributed by atoms with Crippen molar-refractivity contribution in [1.29, 1.82) is 0 Å². The van der Waals surface area contributed by atoms with Crippen LogP contribution in [-0.2, 0) is 51.2 Å². The SMILES string of the molecule is C=CC(=O)OCC(COC(=O)C=C)(COC(=O)CCn1ccnc1C)COC(=O)CCn1ccnc1C. The molecule has 0 atom stereocenters. The molecule has 200 valence electrons. The molecule has 2 aromatic heterocycles. The number of aromatic nitrogens is 4. The van der Waals surface area contributed by atoms with Crippen molar-refractivity contribution < 1.29 is 38.1 Å². The molecule has 12 nitrogen and oxygen atoms in total. The van der Waals surface area contributed by atoms with Gasteiger partial charge in [-0.15, -0.1) is 0 Å². The fourth-order valence-electron chi connectivity index (χ4n) is 3.13. The first-order valence-corrected chi connectivity index (χ1v) is 11.5. The second-order valence-corrected chi connectivity index (χ2v) is 8.28. The lowest BCUT2D eigenvalue weighted by molar-refractivity contribution is -0.167. The van der Waals surface area contributed by atoms with E-state index in [1.54, 1.807) is 47.8 Å². The highest BCUT2D eigenvalue weighted by Gasteiger charge is 2.37. The molecule has 0 aliphatic rings. The minimum atomic E-state index is -1.36. The maximum Gasteiger partial charge on any atom is 0.330 e. The Labute approximate surface area is 214 Å². The van der Waals surface area contributed by atoms with Gasteiger partial charge < -0.3 is 28.1 Å². The molecule has 37 heavy (non-hydrogen) atoms. The van der Waals surface area contributed by atoms with Crippen LogP contribution >= 0.6 is 0 Å². The van der Waals surface area contributed by atoms with Gasteiger partial charge in [-0.25, -0.2) is 19.6 Å². The highest BCUT2D eigenvalue weighted by Crippen LogP contribution is 2.22. The van der Waals surface area contributed by atoms with E-state index in [9.17, 15) is 19.2 Å². The smallest absolute Gasteiger partial charge is 0.330 e. The molecule has 0 saturated heterocycles. The quantitative estimate of drug-likeness (QED) is 0.184. The summed E-state index contributed by atoms with van der Waals surface area (Å²) in [6.45, 7) is 9.56. The Hall–Kier alpha value is -4.22. The first kappa shape index (κ1) is 29.0. The first-order valence-electron chi connectivity index (χ1n) is 11.5. The minimum absolute atomic E-state index is 0.0379. The van der Waals surface area contributed by atoms with E-state index in [0.717, 1.165) is 23.8 Å². The van der Waals surface area contributed by atoms with E-state index in [1.807, 2.05) is 0 Å². The van der Waals surface area contributed by atoms with E-state index >= 15 is 0 Å². The molecule has 2 aromatic rings. The lowest BCUT2D eigenvalue weighted by Gasteiger charge is -2.31. The van der Waals surface area contributed by atoms with Crippen molar-refractivity contribution in [3.63, 3.8) is 0 Å². The fraction of sp³-hybridized carbons (Fsp3) is 0.440. The van der Waals surface area contributed by atoms with E-state index in [4.69, 9.17) is 18.9 Å². The first-order chi connectivity index (χ1) is 17.7. The van der Waals surface area contributed by atoms with Crippen LogP contribution in [0.3, 0.4) is 0 Å². The van der Waals surface area contributed by atoms with Gasteiger partial charge in [0.05, 0.1) is 12.8 Å². The van der Waals surface area contributed by atoms with Gasteiger partial charge in [-0.2, -0.15) is 0 Å². The maximum absolute atomic E-state index is 12.5. The van der Waals surface area contributed by atoms with Crippen LogP contribution in [0.4, 0.5) is 0 Å². The van der Waals surface area contributed by atoms with Crippen molar-refractivity contribution in [3.8, 4) is 0 Å². The van der Waals surface area contributed by atoms with E-state index in [2.05, 4.69) is 23.1 Å². The Morgan fingerprint density at radius 2 is 1.14 bits per heavy atom. The summed E-state index contributed by atoms with van der Waals surface area (Å²) in [5, 5.41) is 0. The lowest BCUT2D eigenvalue weighted by atomic mass is 9.92. The molecule has 0 radical (unpaired) electrons. The van der Waals surface area contributed by atoms with Crippen LogP contribution in [0.5, 0.6) is 0 Å². The maximum atomic E-state index is 12.5. The van der Waals surface area contributed by atoms with E-state index in [1.165, 1.54) is 0 Å². The summed E-state index contributed by atoms with van der Waals surface area (Å²) >= 11 is 0. The van der Waals surface area contributed by atoms with Gasteiger partial charge >= 0.3 is 23.9 Å². The molecule has 0 bridgehead atoms. The molecule has 0 N–H and O–H groups in total. The van der Waals surface area contributed by atoms with Crippen molar-refractivity contribution in [2.75, 3.05) is 26.4 Å². The van der Waals surface area contributed by atoms with E-state index in [-0.39, 0.29) is 39.3 Å². The standard InChI is InChI=1S/C25H32N4O8/c1-5-21(30)34-15-25(16-35-22(31)6-2,17-36-23(32)7-11-28-13-9-26-19(28)3)18-37-24(33)8-12-29-14-10-27-20(29)4/h5-6,9-10,13-14H,1-2,7-8,11-12,15-18H2,3-4H3. The second kappa shape index (κ2) is 14.4. The van der Waals surface area contributed by atoms with Crippen LogP contribution in [0.25, 0.3) is 0 Å². The normalized spacial score (nSPS) is 10.9. The number of carbonyl (C=O) groups is 4. The summed E-state index contributed by atoms with van der Waals surface area (Å²) in [7, 11) is 0. The van der Waals surface area contributed by atoms with Crippen LogP contribution < -0.4 is 0 Å². The number of hydrogen-bond acceptors (Lipinski definition) is 10. The zero-order valence-corrected chi connectivity index (χ0v) is 21.1. The average molecular weight is 517 g/mol. The molecule has 12 heteroatoms. The number of hydrogen-bond donors (Lipinski definition) is 0. The summed E-state index contributed by atoms with van der Waals surface area (Å²) in [5.41, 5.74) is -1.36. The van der Waals surface area contributed by atoms with Crippen LogP contribution in [0.1, 0.15) is 24.5 Å². The third kappa shape index (κ3) is 9.74. The molecular weight excluding hydrogens is 484 g/mol. The second-order valence-electron chi connectivity index (χ2n) is 8.28. The van der Waals surface area contributed by atoms with Gasteiger partial charge in [0.2, 0.25) is 0 Å². The largest absolute Gasteiger partial charge is 0.465 e. The summed E-state index contributed by atoms with van der Waals surface area (Å²) in [6, 6.07) is 0. The van der Waals surface area contributed by atoms with Crippen molar-refractivity contribution >= 4 is 23.9 Å². The Morgan fingerprint density at radius 1 is 0.757 bits per heavy atom. The van der Waals surface area contributed by atoms with Gasteiger partial charge in [0.15, 0.2) is 0 Å². The Morgan fingerprint density at radius 3 is 1.46 bits per heavy atom. The predicted molar refractivity (Wildman–Crippen MR) is 130 cm³/mol. The van der Waals surface area contributed by atoms with Gasteiger partial charge in [0.1, 0.15) is 43.5 Å². The topological polar surface area (TPSA) is 141 Å². The molecule has 0 spiro atoms. The van der Waals surface area contributed by atoms with Crippen LogP contribution in [0, 0.1) is 19.3 Å². The van der Waals surface area contributed by atoms with E-state index < -0.39 is 29.3 Å². The average Bonchev–Trinajstić information content (AvgIpc) is 3.51. The predicted octanol–water partition coefficient (Wildman–Crippen LogP) is 1.71. The van der Waals surface area contributed by atoms with Crippen molar-refractivity contribution in [2.24, 2.45) is 5.41 Å². The molecule has 0 fully saturated rings. The Kier molecular flexibility index (Phi) is 11.3. The molecule has 0 aromatic carbocycles. The number of carbonyl (C=O) groups excluding carboxylic acids is 4. The van der Waals surface area contributed by atoms with Crippen LogP contribution in [0.2, 0.25) is 0 Å². The van der Waals surface area contributed by atoms with Crippen molar-refractivity contribution in [2.45, 2.75) is 39.8 Å². The number of imidazole rings is 2. The highest BCUT2D eigenvalue weighted by molar-refractivity contribution is 5.81. The fourth-order valence-corrected chi connectivity index (χ4v) is 3.13. The van der Waals surface area contributed by atoms with Crippen LogP contribution in [-0.4, -0.2) is 69.4 Å². The van der Waals surface area contributed by atoms with Gasteiger partial charge in [0, 0.05) is 50.0 Å². The summed E-state index contributed by atoms with van der Waals surface area (Å²) in [6.07, 6.45) is 8.71. The molecule has 2 rings (SSSR count). The molecule has 0 saturated carbocycles. The number of ether oxygens (including phenoxy) is 4. The molecule has 2 heterocycles. The summed E-state index contributed by atoms with van der Waals surface area (Å²) in [4.78, 5) is 56.7. The monoisotopic (exact) mass is 516 g/mol. The third-order valence-corrected chi connectivity index (χ3v) is 5.41. The number of rotatable bonds is 16. The zero-order chi connectivity index (χ0) is 27.3.